The first-order valence-corrected chi connectivity index (χ1v) is 5.85. The molecule has 0 saturated heterocycles. The van der Waals surface area contributed by atoms with Gasteiger partial charge in [0.2, 0.25) is 0 Å². The number of benzene rings is 1. The minimum atomic E-state index is -0.396. The predicted octanol–water partition coefficient (Wildman–Crippen LogP) is 2.79. The molecule has 0 atom stereocenters. The minimum absolute atomic E-state index is 0.251. The van der Waals surface area contributed by atoms with Gasteiger partial charge >= 0.3 is 0 Å². The maximum absolute atomic E-state index is 13.1. The van der Waals surface area contributed by atoms with Crippen LogP contribution in [0.4, 0.5) is 4.39 Å². The van der Waals surface area contributed by atoms with Gasteiger partial charge in [0.15, 0.2) is 5.82 Å². The number of fused-ring (bicyclic) bond motifs is 1. The number of H-pyrrole nitrogens is 1. The number of nitrogens with one attached hydrogen (secondary N) is 1. The molecule has 17 heavy (non-hydrogen) atoms. The molecule has 84 valence electrons. The summed E-state index contributed by atoms with van der Waals surface area (Å²) in [4.78, 5) is 19.6. The van der Waals surface area contributed by atoms with Crippen molar-refractivity contribution in [1.82, 2.24) is 9.97 Å². The second kappa shape index (κ2) is 3.78. The van der Waals surface area contributed by atoms with E-state index >= 15 is 0 Å². The molecular formula is C12H7FN2OS. The molecule has 5 heteroatoms. The molecule has 1 N–H and O–H groups in total. The largest absolute Gasteiger partial charge is 0.305 e. The van der Waals surface area contributed by atoms with Crippen LogP contribution in [0.3, 0.4) is 0 Å². The number of halogens is 1. The summed E-state index contributed by atoms with van der Waals surface area (Å²) in [7, 11) is 0. The highest BCUT2D eigenvalue weighted by Gasteiger charge is 2.07. The number of hydrogen-bond donors (Lipinski definition) is 1. The summed E-state index contributed by atoms with van der Waals surface area (Å²) in [5.41, 5.74) is 0.121. The SMILES string of the molecule is O=c1[nH]c(-c2cccs2)nc2cc(F)ccc12. The summed E-state index contributed by atoms with van der Waals surface area (Å²) in [6.45, 7) is 0. The molecular weight excluding hydrogens is 239 g/mol. The third kappa shape index (κ3) is 1.74. The lowest BCUT2D eigenvalue weighted by molar-refractivity contribution is 0.629. The Labute approximate surface area is 99.6 Å². The van der Waals surface area contributed by atoms with Crippen molar-refractivity contribution in [2.24, 2.45) is 0 Å². The summed E-state index contributed by atoms with van der Waals surface area (Å²) < 4.78 is 13.1. The van der Waals surface area contributed by atoms with Crippen LogP contribution in [-0.2, 0) is 0 Å². The fraction of sp³-hybridized carbons (Fsp3) is 0. The third-order valence-electron chi connectivity index (χ3n) is 2.42. The second-order valence-corrected chi connectivity index (χ2v) is 4.50. The van der Waals surface area contributed by atoms with Crippen LogP contribution in [0.2, 0.25) is 0 Å². The first-order valence-electron chi connectivity index (χ1n) is 4.97. The molecule has 3 rings (SSSR count). The number of aromatic nitrogens is 2. The van der Waals surface area contributed by atoms with Crippen molar-refractivity contribution in [1.29, 1.82) is 0 Å². The zero-order chi connectivity index (χ0) is 11.8. The molecule has 2 heterocycles. The van der Waals surface area contributed by atoms with Crippen LogP contribution < -0.4 is 5.56 Å². The number of thiophene rings is 1. The third-order valence-corrected chi connectivity index (χ3v) is 3.30. The highest BCUT2D eigenvalue weighted by Crippen LogP contribution is 2.21. The molecule has 0 spiro atoms. The van der Waals surface area contributed by atoms with Gasteiger partial charge in [-0.25, -0.2) is 9.37 Å². The zero-order valence-electron chi connectivity index (χ0n) is 8.61. The Bertz CT molecular complexity index is 734. The van der Waals surface area contributed by atoms with Crippen LogP contribution in [0.1, 0.15) is 0 Å². The molecule has 0 aliphatic heterocycles. The van der Waals surface area contributed by atoms with Crippen molar-refractivity contribution in [2.75, 3.05) is 0 Å². The second-order valence-electron chi connectivity index (χ2n) is 3.55. The Morgan fingerprint density at radius 1 is 1.29 bits per heavy atom. The standard InChI is InChI=1S/C12H7FN2OS/c13-7-3-4-8-9(6-7)14-11(15-12(8)16)10-2-1-5-17-10/h1-6H,(H,14,15,16). The smallest absolute Gasteiger partial charge is 0.259 e. The molecule has 1 aromatic carbocycles. The molecule has 0 fully saturated rings. The number of nitrogens with zero attached hydrogens (tertiary/aromatic N) is 1. The maximum atomic E-state index is 13.1. The molecule has 0 aliphatic carbocycles. The van der Waals surface area contributed by atoms with Gasteiger partial charge in [-0.15, -0.1) is 11.3 Å². The van der Waals surface area contributed by atoms with Gasteiger partial charge in [0.25, 0.3) is 5.56 Å². The van der Waals surface area contributed by atoms with Crippen molar-refractivity contribution < 1.29 is 4.39 Å². The van der Waals surface area contributed by atoms with Gasteiger partial charge in [0.05, 0.1) is 15.8 Å². The Kier molecular flexibility index (Phi) is 2.26. The van der Waals surface area contributed by atoms with Crippen LogP contribution in [0.15, 0.2) is 40.5 Å². The van der Waals surface area contributed by atoms with E-state index in [1.54, 1.807) is 0 Å². The average Bonchev–Trinajstić information content (AvgIpc) is 2.81. The predicted molar refractivity (Wildman–Crippen MR) is 65.6 cm³/mol. The fourth-order valence-electron chi connectivity index (χ4n) is 1.64. The molecule has 0 radical (unpaired) electrons. The van der Waals surface area contributed by atoms with Crippen LogP contribution in [0, 0.1) is 5.82 Å². The fourth-order valence-corrected chi connectivity index (χ4v) is 2.31. The Morgan fingerprint density at radius 2 is 2.18 bits per heavy atom. The molecule has 2 aromatic heterocycles. The van der Waals surface area contributed by atoms with E-state index in [9.17, 15) is 9.18 Å². The first kappa shape index (κ1) is 10.2. The van der Waals surface area contributed by atoms with Gasteiger partial charge in [-0.3, -0.25) is 4.79 Å². The highest BCUT2D eigenvalue weighted by atomic mass is 32.1. The van der Waals surface area contributed by atoms with E-state index in [0.29, 0.717) is 16.7 Å². The van der Waals surface area contributed by atoms with E-state index in [1.807, 2.05) is 17.5 Å². The van der Waals surface area contributed by atoms with Crippen LogP contribution in [0.25, 0.3) is 21.6 Å². The van der Waals surface area contributed by atoms with E-state index in [-0.39, 0.29) is 5.56 Å². The van der Waals surface area contributed by atoms with Crippen molar-refractivity contribution in [3.63, 3.8) is 0 Å². The summed E-state index contributed by atoms with van der Waals surface area (Å²) >= 11 is 1.47. The van der Waals surface area contributed by atoms with Gasteiger partial charge in [-0.1, -0.05) is 6.07 Å². The summed E-state index contributed by atoms with van der Waals surface area (Å²) in [5, 5.41) is 2.29. The molecule has 0 bridgehead atoms. The lowest BCUT2D eigenvalue weighted by atomic mass is 10.2. The van der Waals surface area contributed by atoms with E-state index in [2.05, 4.69) is 9.97 Å². The molecule has 0 amide bonds. The van der Waals surface area contributed by atoms with Crippen LogP contribution in [-0.4, -0.2) is 9.97 Å². The minimum Gasteiger partial charge on any atom is -0.305 e. The van der Waals surface area contributed by atoms with Gasteiger partial charge in [-0.2, -0.15) is 0 Å². The van der Waals surface area contributed by atoms with Crippen LogP contribution in [0.5, 0.6) is 0 Å². The molecule has 0 aliphatic rings. The van der Waals surface area contributed by atoms with E-state index in [0.717, 1.165) is 4.88 Å². The van der Waals surface area contributed by atoms with Crippen molar-refractivity contribution in [2.45, 2.75) is 0 Å². The Balaban J connectivity index is 2.33. The van der Waals surface area contributed by atoms with E-state index in [1.165, 1.54) is 29.5 Å². The van der Waals surface area contributed by atoms with Crippen molar-refractivity contribution in [3.05, 3.63) is 51.9 Å². The first-order chi connectivity index (χ1) is 8.24. The Morgan fingerprint density at radius 3 is 2.94 bits per heavy atom. The number of rotatable bonds is 1. The average molecular weight is 246 g/mol. The Hall–Kier alpha value is -2.01. The summed E-state index contributed by atoms with van der Waals surface area (Å²) in [6, 6.07) is 7.68. The number of aromatic amines is 1. The normalized spacial score (nSPS) is 10.9. The lowest BCUT2D eigenvalue weighted by Gasteiger charge is -2.00. The van der Waals surface area contributed by atoms with Crippen molar-refractivity contribution >= 4 is 22.2 Å². The quantitative estimate of drug-likeness (QED) is 0.717. The van der Waals surface area contributed by atoms with Gasteiger partial charge in [0.1, 0.15) is 5.82 Å². The summed E-state index contributed by atoms with van der Waals surface area (Å²) in [5.74, 6) is 0.0795. The van der Waals surface area contributed by atoms with Gasteiger partial charge < -0.3 is 4.98 Å². The van der Waals surface area contributed by atoms with Gasteiger partial charge in [0, 0.05) is 6.07 Å². The van der Waals surface area contributed by atoms with Crippen molar-refractivity contribution in [3.8, 4) is 10.7 Å². The van der Waals surface area contributed by atoms with E-state index < -0.39 is 5.82 Å². The monoisotopic (exact) mass is 246 g/mol. The summed E-state index contributed by atoms with van der Waals surface area (Å²) in [6.07, 6.45) is 0. The number of hydrogen-bond acceptors (Lipinski definition) is 3. The molecule has 3 aromatic rings. The maximum Gasteiger partial charge on any atom is 0.259 e. The molecule has 0 unspecified atom stereocenters. The lowest BCUT2D eigenvalue weighted by Crippen LogP contribution is -2.09. The highest BCUT2D eigenvalue weighted by molar-refractivity contribution is 7.13. The van der Waals surface area contributed by atoms with Gasteiger partial charge in [-0.05, 0) is 23.6 Å². The topological polar surface area (TPSA) is 45.8 Å². The van der Waals surface area contributed by atoms with E-state index in [4.69, 9.17) is 0 Å². The molecule has 0 saturated carbocycles. The molecule has 3 nitrogen and oxygen atoms in total. The zero-order valence-corrected chi connectivity index (χ0v) is 9.42. The van der Waals surface area contributed by atoms with Crippen LogP contribution >= 0.6 is 11.3 Å².